The molecule has 6 nitrogen and oxygen atoms in total. The molecule has 134 valence electrons. The number of nitrogens with one attached hydrogen (secondary N) is 2. The molecule has 1 aromatic carbocycles. The van der Waals surface area contributed by atoms with Crippen LogP contribution in [0.3, 0.4) is 0 Å². The Kier molecular flexibility index (Phi) is 5.26. The van der Waals surface area contributed by atoms with Gasteiger partial charge in [0.15, 0.2) is 0 Å². The first-order chi connectivity index (χ1) is 12.5. The van der Waals surface area contributed by atoms with Gasteiger partial charge in [-0.25, -0.2) is 9.18 Å². The van der Waals surface area contributed by atoms with E-state index in [2.05, 4.69) is 27.6 Å². The molecule has 3 rings (SSSR count). The first-order valence-corrected chi connectivity index (χ1v) is 8.26. The average Bonchev–Trinajstić information content (AvgIpc) is 3.07. The average molecular weight is 353 g/mol. The van der Waals surface area contributed by atoms with E-state index in [1.54, 1.807) is 6.20 Å². The van der Waals surface area contributed by atoms with Crippen LogP contribution >= 0.6 is 0 Å². The standard InChI is InChI=1S/C19H20FN5O/c1-13(18-9-10-23-25(18)2)14-3-6-16(7-4-14)24-19(26)22-12-17-8-5-15(20)11-21-17/h3-11,13H,12H2,1-2H3,(H2,22,24,26)/t13-/m0/s1. The summed E-state index contributed by atoms with van der Waals surface area (Å²) in [4.78, 5) is 15.9. The molecular formula is C19H20FN5O. The Morgan fingerprint density at radius 3 is 2.58 bits per heavy atom. The second-order valence-corrected chi connectivity index (χ2v) is 6.00. The number of hydrogen-bond donors (Lipinski definition) is 2. The van der Waals surface area contributed by atoms with Crippen molar-refractivity contribution in [2.75, 3.05) is 5.32 Å². The molecule has 3 aromatic rings. The summed E-state index contributed by atoms with van der Waals surface area (Å²) in [6, 6.07) is 12.2. The highest BCUT2D eigenvalue weighted by atomic mass is 19.1. The normalized spacial score (nSPS) is 11.8. The number of aryl methyl sites for hydroxylation is 1. The number of carbonyl (C=O) groups excluding carboxylic acids is 1. The van der Waals surface area contributed by atoms with Crippen LogP contribution in [0.5, 0.6) is 0 Å². The molecule has 0 aliphatic carbocycles. The van der Waals surface area contributed by atoms with Crippen LogP contribution in [0, 0.1) is 5.82 Å². The maximum absolute atomic E-state index is 12.8. The molecule has 0 unspecified atom stereocenters. The van der Waals surface area contributed by atoms with Crippen molar-refractivity contribution in [2.45, 2.75) is 19.4 Å². The molecule has 0 spiro atoms. The van der Waals surface area contributed by atoms with Gasteiger partial charge < -0.3 is 10.6 Å². The molecule has 0 bridgehead atoms. The SMILES string of the molecule is C[C@@H](c1ccc(NC(=O)NCc2ccc(F)cn2)cc1)c1ccnn1C. The lowest BCUT2D eigenvalue weighted by atomic mass is 9.97. The number of anilines is 1. The number of halogens is 1. The van der Waals surface area contributed by atoms with Crippen LogP contribution in [0.1, 0.15) is 29.8 Å². The quantitative estimate of drug-likeness (QED) is 0.738. The molecule has 1 atom stereocenters. The summed E-state index contributed by atoms with van der Waals surface area (Å²) in [7, 11) is 1.92. The van der Waals surface area contributed by atoms with Gasteiger partial charge in [-0.15, -0.1) is 0 Å². The monoisotopic (exact) mass is 353 g/mol. The highest BCUT2D eigenvalue weighted by Crippen LogP contribution is 2.24. The van der Waals surface area contributed by atoms with Gasteiger partial charge in [-0.05, 0) is 35.9 Å². The third-order valence-corrected chi connectivity index (χ3v) is 4.19. The number of amides is 2. The van der Waals surface area contributed by atoms with E-state index in [4.69, 9.17) is 0 Å². The molecule has 0 saturated carbocycles. The van der Waals surface area contributed by atoms with Crippen LogP contribution in [0.2, 0.25) is 0 Å². The van der Waals surface area contributed by atoms with Crippen molar-refractivity contribution in [3.05, 3.63) is 77.6 Å². The minimum absolute atomic E-state index is 0.204. The first kappa shape index (κ1) is 17.6. The Morgan fingerprint density at radius 2 is 1.96 bits per heavy atom. The second-order valence-electron chi connectivity index (χ2n) is 6.00. The molecule has 0 radical (unpaired) electrons. The van der Waals surface area contributed by atoms with Crippen molar-refractivity contribution in [2.24, 2.45) is 7.05 Å². The zero-order chi connectivity index (χ0) is 18.5. The fraction of sp³-hybridized carbons (Fsp3) is 0.211. The lowest BCUT2D eigenvalue weighted by Crippen LogP contribution is -2.28. The highest BCUT2D eigenvalue weighted by Gasteiger charge is 2.12. The Labute approximate surface area is 151 Å². The molecule has 2 aromatic heterocycles. The zero-order valence-electron chi connectivity index (χ0n) is 14.6. The fourth-order valence-corrected chi connectivity index (χ4v) is 2.69. The first-order valence-electron chi connectivity index (χ1n) is 8.26. The number of hydrogen-bond acceptors (Lipinski definition) is 3. The number of aromatic nitrogens is 3. The summed E-state index contributed by atoms with van der Waals surface area (Å²) in [6.45, 7) is 2.34. The van der Waals surface area contributed by atoms with E-state index < -0.39 is 5.82 Å². The van der Waals surface area contributed by atoms with Crippen molar-refractivity contribution in [3.8, 4) is 0 Å². The van der Waals surface area contributed by atoms with Gasteiger partial charge in [0.2, 0.25) is 0 Å². The summed E-state index contributed by atoms with van der Waals surface area (Å²) in [6.07, 6.45) is 2.90. The topological polar surface area (TPSA) is 71.8 Å². The number of nitrogens with zero attached hydrogens (tertiary/aromatic N) is 3. The molecule has 2 N–H and O–H groups in total. The Balaban J connectivity index is 1.56. The Morgan fingerprint density at radius 1 is 1.19 bits per heavy atom. The number of rotatable bonds is 5. The van der Waals surface area contributed by atoms with Crippen molar-refractivity contribution in [1.29, 1.82) is 0 Å². The van der Waals surface area contributed by atoms with Gasteiger partial charge in [0.1, 0.15) is 5.82 Å². The lowest BCUT2D eigenvalue weighted by Gasteiger charge is -2.13. The molecule has 0 saturated heterocycles. The predicted molar refractivity (Wildman–Crippen MR) is 97.2 cm³/mol. The molecule has 2 heterocycles. The van der Waals surface area contributed by atoms with Crippen LogP contribution < -0.4 is 10.6 Å². The van der Waals surface area contributed by atoms with Crippen molar-refractivity contribution in [3.63, 3.8) is 0 Å². The number of pyridine rings is 1. The predicted octanol–water partition coefficient (Wildman–Crippen LogP) is 3.43. The molecular weight excluding hydrogens is 333 g/mol. The van der Waals surface area contributed by atoms with E-state index in [9.17, 15) is 9.18 Å². The summed E-state index contributed by atoms with van der Waals surface area (Å²) >= 11 is 0. The third kappa shape index (κ3) is 4.24. The fourth-order valence-electron chi connectivity index (χ4n) is 2.69. The largest absolute Gasteiger partial charge is 0.332 e. The van der Waals surface area contributed by atoms with Crippen molar-refractivity contribution in [1.82, 2.24) is 20.1 Å². The molecule has 0 fully saturated rings. The number of urea groups is 1. The summed E-state index contributed by atoms with van der Waals surface area (Å²) in [5, 5.41) is 9.65. The van der Waals surface area contributed by atoms with E-state index >= 15 is 0 Å². The van der Waals surface area contributed by atoms with Gasteiger partial charge in [-0.3, -0.25) is 9.67 Å². The van der Waals surface area contributed by atoms with Crippen molar-refractivity contribution >= 4 is 11.7 Å². The number of carbonyl (C=O) groups is 1. The Bertz CT molecular complexity index is 874. The minimum Gasteiger partial charge on any atom is -0.332 e. The smallest absolute Gasteiger partial charge is 0.319 e. The van der Waals surface area contributed by atoms with E-state index in [1.807, 2.05) is 42.1 Å². The molecule has 0 aliphatic rings. The second kappa shape index (κ2) is 7.77. The molecule has 26 heavy (non-hydrogen) atoms. The van der Waals surface area contributed by atoms with Crippen molar-refractivity contribution < 1.29 is 9.18 Å². The van der Waals surface area contributed by atoms with E-state index in [0.29, 0.717) is 11.4 Å². The lowest BCUT2D eigenvalue weighted by molar-refractivity contribution is 0.251. The summed E-state index contributed by atoms with van der Waals surface area (Å²) in [5.74, 6) is -0.200. The van der Waals surface area contributed by atoms with Gasteiger partial charge in [0.25, 0.3) is 0 Å². The van der Waals surface area contributed by atoms with Gasteiger partial charge in [-0.2, -0.15) is 5.10 Å². The summed E-state index contributed by atoms with van der Waals surface area (Å²) < 4.78 is 14.7. The molecule has 7 heteroatoms. The highest BCUT2D eigenvalue weighted by molar-refractivity contribution is 5.89. The molecule has 2 amide bonds. The van der Waals surface area contributed by atoms with Crippen LogP contribution in [0.4, 0.5) is 14.9 Å². The van der Waals surface area contributed by atoms with Crippen LogP contribution in [-0.2, 0) is 13.6 Å². The summed E-state index contributed by atoms with van der Waals surface area (Å²) in [5.41, 5.74) is 3.53. The van der Waals surface area contributed by atoms with Crippen LogP contribution in [-0.4, -0.2) is 20.8 Å². The zero-order valence-corrected chi connectivity index (χ0v) is 14.6. The van der Waals surface area contributed by atoms with Gasteiger partial charge in [0, 0.05) is 30.5 Å². The van der Waals surface area contributed by atoms with Crippen LogP contribution in [0.15, 0.2) is 54.9 Å². The van der Waals surface area contributed by atoms with Gasteiger partial charge in [-0.1, -0.05) is 19.1 Å². The van der Waals surface area contributed by atoms with Crippen LogP contribution in [0.25, 0.3) is 0 Å². The van der Waals surface area contributed by atoms with E-state index in [-0.39, 0.29) is 18.5 Å². The Hall–Kier alpha value is -3.22. The van der Waals surface area contributed by atoms with Gasteiger partial charge >= 0.3 is 6.03 Å². The minimum atomic E-state index is -0.404. The van der Waals surface area contributed by atoms with E-state index in [0.717, 1.165) is 17.5 Å². The number of benzene rings is 1. The third-order valence-electron chi connectivity index (χ3n) is 4.19. The van der Waals surface area contributed by atoms with Gasteiger partial charge in [0.05, 0.1) is 18.4 Å². The maximum atomic E-state index is 12.8. The van der Waals surface area contributed by atoms with E-state index in [1.165, 1.54) is 12.1 Å². The maximum Gasteiger partial charge on any atom is 0.319 e. The molecule has 0 aliphatic heterocycles.